The minimum Gasteiger partial charge on any atom is -0.346 e. The van der Waals surface area contributed by atoms with Gasteiger partial charge in [-0.3, -0.25) is 9.59 Å². The Bertz CT molecular complexity index is 576. The van der Waals surface area contributed by atoms with Crippen molar-refractivity contribution in [2.75, 3.05) is 0 Å². The second kappa shape index (κ2) is 7.20. The van der Waals surface area contributed by atoms with Crippen molar-refractivity contribution in [2.45, 2.75) is 45.6 Å². The minimum absolute atomic E-state index is 0.0266. The lowest BCUT2D eigenvalue weighted by Gasteiger charge is -2.22. The van der Waals surface area contributed by atoms with E-state index >= 15 is 0 Å². The van der Waals surface area contributed by atoms with Gasteiger partial charge in [-0.15, -0.1) is 0 Å². The SMILES string of the molecule is CC(C)C(NC(=O)CCC1=NNC(=O)CC1)c1nccn1C. The van der Waals surface area contributed by atoms with Crippen LogP contribution in [-0.2, 0) is 16.6 Å². The van der Waals surface area contributed by atoms with E-state index in [1.807, 2.05) is 17.8 Å². The molecular formula is C15H23N5O2. The average molecular weight is 305 g/mol. The van der Waals surface area contributed by atoms with Gasteiger partial charge in [-0.1, -0.05) is 13.8 Å². The molecule has 0 saturated heterocycles. The van der Waals surface area contributed by atoms with Crippen LogP contribution in [0, 0.1) is 5.92 Å². The molecule has 0 radical (unpaired) electrons. The molecule has 1 atom stereocenters. The van der Waals surface area contributed by atoms with Crippen molar-refractivity contribution in [3.05, 3.63) is 18.2 Å². The van der Waals surface area contributed by atoms with Crippen molar-refractivity contribution in [3.8, 4) is 0 Å². The number of hydrogen-bond donors (Lipinski definition) is 2. The average Bonchev–Trinajstić information content (AvgIpc) is 2.90. The first-order chi connectivity index (χ1) is 10.5. The molecule has 2 amide bonds. The summed E-state index contributed by atoms with van der Waals surface area (Å²) in [5.41, 5.74) is 3.32. The maximum absolute atomic E-state index is 12.2. The number of aryl methyl sites for hydroxylation is 1. The first-order valence-electron chi connectivity index (χ1n) is 7.58. The Balaban J connectivity index is 1.89. The highest BCUT2D eigenvalue weighted by Crippen LogP contribution is 2.20. The highest BCUT2D eigenvalue weighted by molar-refractivity contribution is 5.94. The van der Waals surface area contributed by atoms with Crippen molar-refractivity contribution >= 4 is 17.5 Å². The third-order valence-corrected chi connectivity index (χ3v) is 3.74. The molecule has 120 valence electrons. The van der Waals surface area contributed by atoms with E-state index in [0.29, 0.717) is 25.7 Å². The van der Waals surface area contributed by atoms with Crippen LogP contribution in [-0.4, -0.2) is 27.1 Å². The summed E-state index contributed by atoms with van der Waals surface area (Å²) in [6, 6.07) is -0.111. The fourth-order valence-electron chi connectivity index (χ4n) is 2.40. The third kappa shape index (κ3) is 4.16. The number of hydrazone groups is 1. The summed E-state index contributed by atoms with van der Waals surface area (Å²) in [7, 11) is 1.92. The molecule has 22 heavy (non-hydrogen) atoms. The van der Waals surface area contributed by atoms with Crippen LogP contribution >= 0.6 is 0 Å². The summed E-state index contributed by atoms with van der Waals surface area (Å²) < 4.78 is 1.92. The predicted octanol–water partition coefficient (Wildman–Crippen LogP) is 1.28. The standard InChI is InChI=1S/C15H23N5O2/c1-10(2)14(15-16-8-9-20(15)3)17-12(21)6-4-11-5-7-13(22)19-18-11/h8-10,14H,4-7H2,1-3H3,(H,17,21)(H,19,22). The van der Waals surface area contributed by atoms with Gasteiger partial charge in [0, 0.05) is 38.0 Å². The number of rotatable bonds is 6. The van der Waals surface area contributed by atoms with E-state index in [1.165, 1.54) is 0 Å². The number of nitrogens with one attached hydrogen (secondary N) is 2. The number of hydrogen-bond acceptors (Lipinski definition) is 4. The topological polar surface area (TPSA) is 88.4 Å². The van der Waals surface area contributed by atoms with Crippen LogP contribution in [0.4, 0.5) is 0 Å². The highest BCUT2D eigenvalue weighted by Gasteiger charge is 2.22. The van der Waals surface area contributed by atoms with Gasteiger partial charge in [0.15, 0.2) is 0 Å². The summed E-state index contributed by atoms with van der Waals surface area (Å²) >= 11 is 0. The minimum atomic E-state index is -0.111. The molecular weight excluding hydrogens is 282 g/mol. The van der Waals surface area contributed by atoms with Crippen LogP contribution in [0.1, 0.15) is 51.4 Å². The molecule has 0 aromatic carbocycles. The Morgan fingerprint density at radius 1 is 1.45 bits per heavy atom. The zero-order valence-electron chi connectivity index (χ0n) is 13.3. The van der Waals surface area contributed by atoms with Crippen LogP contribution in [0.3, 0.4) is 0 Å². The normalized spacial score (nSPS) is 16.2. The lowest BCUT2D eigenvalue weighted by molar-refractivity contribution is -0.122. The molecule has 2 rings (SSSR count). The molecule has 0 spiro atoms. The van der Waals surface area contributed by atoms with E-state index in [9.17, 15) is 9.59 Å². The zero-order chi connectivity index (χ0) is 16.1. The maximum Gasteiger partial charge on any atom is 0.240 e. The summed E-state index contributed by atoms with van der Waals surface area (Å²) in [6.07, 6.45) is 5.61. The lowest BCUT2D eigenvalue weighted by atomic mass is 10.0. The van der Waals surface area contributed by atoms with E-state index in [-0.39, 0.29) is 23.8 Å². The van der Waals surface area contributed by atoms with E-state index in [0.717, 1.165) is 11.5 Å². The second-order valence-electron chi connectivity index (χ2n) is 5.90. The van der Waals surface area contributed by atoms with Crippen LogP contribution < -0.4 is 10.7 Å². The van der Waals surface area contributed by atoms with Gasteiger partial charge < -0.3 is 9.88 Å². The van der Waals surface area contributed by atoms with Gasteiger partial charge in [0.25, 0.3) is 0 Å². The number of carbonyl (C=O) groups excluding carboxylic acids is 2. The Kier molecular flexibility index (Phi) is 5.30. The number of carbonyl (C=O) groups is 2. The predicted molar refractivity (Wildman–Crippen MR) is 83.0 cm³/mol. The zero-order valence-corrected chi connectivity index (χ0v) is 13.3. The van der Waals surface area contributed by atoms with Gasteiger partial charge >= 0.3 is 0 Å². The monoisotopic (exact) mass is 305 g/mol. The number of imidazole rings is 1. The molecule has 1 aromatic rings. The lowest BCUT2D eigenvalue weighted by Crippen LogP contribution is -2.34. The summed E-state index contributed by atoms with van der Waals surface area (Å²) in [5, 5.41) is 7.02. The van der Waals surface area contributed by atoms with Gasteiger partial charge in [-0.2, -0.15) is 5.10 Å². The smallest absolute Gasteiger partial charge is 0.240 e. The quantitative estimate of drug-likeness (QED) is 0.829. The van der Waals surface area contributed by atoms with Crippen LogP contribution in [0.5, 0.6) is 0 Å². The van der Waals surface area contributed by atoms with Crippen molar-refractivity contribution in [2.24, 2.45) is 18.1 Å². The first kappa shape index (κ1) is 16.2. The molecule has 0 aliphatic carbocycles. The molecule has 1 aliphatic heterocycles. The molecule has 0 fully saturated rings. The Labute approximate surface area is 130 Å². The van der Waals surface area contributed by atoms with Crippen LogP contribution in [0.15, 0.2) is 17.5 Å². The number of nitrogens with zero attached hydrogens (tertiary/aromatic N) is 3. The molecule has 1 unspecified atom stereocenters. The van der Waals surface area contributed by atoms with Crippen molar-refractivity contribution in [1.82, 2.24) is 20.3 Å². The van der Waals surface area contributed by atoms with Gasteiger partial charge in [0.1, 0.15) is 5.82 Å². The van der Waals surface area contributed by atoms with Crippen molar-refractivity contribution in [1.29, 1.82) is 0 Å². The van der Waals surface area contributed by atoms with E-state index in [1.54, 1.807) is 6.20 Å². The third-order valence-electron chi connectivity index (χ3n) is 3.74. The summed E-state index contributed by atoms with van der Waals surface area (Å²) in [6.45, 7) is 4.11. The van der Waals surface area contributed by atoms with Crippen molar-refractivity contribution in [3.63, 3.8) is 0 Å². The number of amides is 2. The van der Waals surface area contributed by atoms with Gasteiger partial charge in [-0.25, -0.2) is 10.4 Å². The van der Waals surface area contributed by atoms with Crippen LogP contribution in [0.2, 0.25) is 0 Å². The Morgan fingerprint density at radius 2 is 2.23 bits per heavy atom. The fraction of sp³-hybridized carbons (Fsp3) is 0.600. The van der Waals surface area contributed by atoms with E-state index in [4.69, 9.17) is 0 Å². The molecule has 1 aromatic heterocycles. The molecule has 0 bridgehead atoms. The summed E-state index contributed by atoms with van der Waals surface area (Å²) in [5.74, 6) is 1.01. The van der Waals surface area contributed by atoms with Gasteiger partial charge in [0.05, 0.1) is 6.04 Å². The van der Waals surface area contributed by atoms with Gasteiger partial charge in [-0.05, 0) is 18.8 Å². The maximum atomic E-state index is 12.2. The Hall–Kier alpha value is -2.18. The largest absolute Gasteiger partial charge is 0.346 e. The van der Waals surface area contributed by atoms with E-state index in [2.05, 4.69) is 34.7 Å². The number of aromatic nitrogens is 2. The first-order valence-corrected chi connectivity index (χ1v) is 7.58. The van der Waals surface area contributed by atoms with Crippen molar-refractivity contribution < 1.29 is 9.59 Å². The Morgan fingerprint density at radius 3 is 2.77 bits per heavy atom. The fourth-order valence-corrected chi connectivity index (χ4v) is 2.40. The molecule has 2 heterocycles. The van der Waals surface area contributed by atoms with Gasteiger partial charge in [0.2, 0.25) is 11.8 Å². The second-order valence-corrected chi connectivity index (χ2v) is 5.90. The van der Waals surface area contributed by atoms with Crippen LogP contribution in [0.25, 0.3) is 0 Å². The highest BCUT2D eigenvalue weighted by atomic mass is 16.2. The molecule has 7 nitrogen and oxygen atoms in total. The molecule has 7 heteroatoms. The molecule has 1 aliphatic rings. The molecule has 0 saturated carbocycles. The summed E-state index contributed by atoms with van der Waals surface area (Å²) in [4.78, 5) is 27.5. The van der Waals surface area contributed by atoms with E-state index < -0.39 is 0 Å². The molecule has 2 N–H and O–H groups in total.